The normalized spacial score (nSPS) is 20.4. The summed E-state index contributed by atoms with van der Waals surface area (Å²) < 4.78 is 2.72. The lowest BCUT2D eigenvalue weighted by Gasteiger charge is -2.36. The molecule has 0 saturated carbocycles. The Morgan fingerprint density at radius 1 is 1.47 bits per heavy atom. The van der Waals surface area contributed by atoms with Crippen LogP contribution in [-0.4, -0.2) is 40.3 Å². The van der Waals surface area contributed by atoms with E-state index in [0.29, 0.717) is 12.0 Å². The molecule has 0 amide bonds. The maximum atomic E-state index is 4.70. The first-order valence-corrected chi connectivity index (χ1v) is 7.42. The van der Waals surface area contributed by atoms with E-state index in [1.807, 2.05) is 12.3 Å². The van der Waals surface area contributed by atoms with Crippen molar-refractivity contribution in [2.45, 2.75) is 19.9 Å². The van der Waals surface area contributed by atoms with Gasteiger partial charge in [0.05, 0.1) is 10.7 Å². The molecule has 6 heteroatoms. The molecule has 19 heavy (non-hydrogen) atoms. The van der Waals surface area contributed by atoms with E-state index in [1.54, 1.807) is 10.7 Å². The van der Waals surface area contributed by atoms with Gasteiger partial charge in [0.25, 0.3) is 0 Å². The number of hydrogen-bond acceptors (Lipinski definition) is 4. The van der Waals surface area contributed by atoms with Crippen molar-refractivity contribution < 1.29 is 0 Å². The molecule has 1 N–H and O–H groups in total. The molecule has 5 nitrogen and oxygen atoms in total. The van der Waals surface area contributed by atoms with Crippen LogP contribution in [0.1, 0.15) is 13.8 Å². The predicted octanol–water partition coefficient (Wildman–Crippen LogP) is 1.93. The summed E-state index contributed by atoms with van der Waals surface area (Å²) in [6.07, 6.45) is 3.75. The fourth-order valence-electron chi connectivity index (χ4n) is 2.44. The summed E-state index contributed by atoms with van der Waals surface area (Å²) in [5.74, 6) is 1.66. The highest BCUT2D eigenvalue weighted by Gasteiger charge is 2.22. The van der Waals surface area contributed by atoms with Gasteiger partial charge in [0.1, 0.15) is 5.82 Å². The summed E-state index contributed by atoms with van der Waals surface area (Å²) >= 11 is 3.48. The molecule has 3 heterocycles. The molecule has 3 rings (SSSR count). The number of halogens is 1. The number of nitrogens with one attached hydrogen (secondary N) is 1. The number of rotatable bonds is 2. The quantitative estimate of drug-likeness (QED) is 0.917. The molecule has 0 radical (unpaired) electrons. The Labute approximate surface area is 121 Å². The first-order chi connectivity index (χ1) is 9.15. The van der Waals surface area contributed by atoms with Crippen LogP contribution in [0.25, 0.3) is 5.65 Å². The van der Waals surface area contributed by atoms with Gasteiger partial charge in [-0.1, -0.05) is 13.8 Å². The summed E-state index contributed by atoms with van der Waals surface area (Å²) in [5.41, 5.74) is 0.872. The van der Waals surface area contributed by atoms with Crippen LogP contribution in [0.15, 0.2) is 22.9 Å². The van der Waals surface area contributed by atoms with Crippen LogP contribution in [0, 0.1) is 5.92 Å². The second-order valence-corrected chi connectivity index (χ2v) is 6.15. The highest BCUT2D eigenvalue weighted by atomic mass is 79.9. The Morgan fingerprint density at radius 2 is 2.32 bits per heavy atom. The van der Waals surface area contributed by atoms with Crippen LogP contribution in [0.2, 0.25) is 0 Å². The van der Waals surface area contributed by atoms with E-state index in [2.05, 4.69) is 45.1 Å². The smallest absolute Gasteiger partial charge is 0.171 e. The van der Waals surface area contributed by atoms with Crippen molar-refractivity contribution in [3.8, 4) is 0 Å². The third-order valence-corrected chi connectivity index (χ3v) is 4.20. The van der Waals surface area contributed by atoms with Crippen LogP contribution in [0.4, 0.5) is 5.82 Å². The van der Waals surface area contributed by atoms with Crippen LogP contribution in [0.5, 0.6) is 0 Å². The van der Waals surface area contributed by atoms with Gasteiger partial charge in [-0.25, -0.2) is 9.50 Å². The van der Waals surface area contributed by atoms with Crippen molar-refractivity contribution >= 4 is 27.4 Å². The average molecular weight is 324 g/mol. The standard InChI is InChI=1S/C13H18BrN5/c1-9(2)11-8-18(6-4-15-11)12-3-5-19-13(17-12)10(14)7-16-19/h3,5,7,9,11,15H,4,6,8H2,1-2H3. The van der Waals surface area contributed by atoms with Gasteiger partial charge in [0, 0.05) is 31.9 Å². The van der Waals surface area contributed by atoms with Crippen LogP contribution >= 0.6 is 15.9 Å². The fourth-order valence-corrected chi connectivity index (χ4v) is 2.80. The van der Waals surface area contributed by atoms with Gasteiger partial charge in [-0.3, -0.25) is 0 Å². The lowest BCUT2D eigenvalue weighted by molar-refractivity contribution is 0.367. The van der Waals surface area contributed by atoms with Gasteiger partial charge in [0.2, 0.25) is 0 Å². The van der Waals surface area contributed by atoms with Crippen molar-refractivity contribution in [1.82, 2.24) is 19.9 Å². The molecular formula is C13H18BrN5. The zero-order chi connectivity index (χ0) is 13.4. The highest BCUT2D eigenvalue weighted by molar-refractivity contribution is 9.10. The summed E-state index contributed by atoms with van der Waals surface area (Å²) in [6, 6.07) is 2.56. The third kappa shape index (κ3) is 2.47. The predicted molar refractivity (Wildman–Crippen MR) is 79.5 cm³/mol. The fraction of sp³-hybridized carbons (Fsp3) is 0.538. The van der Waals surface area contributed by atoms with E-state index in [0.717, 1.165) is 35.6 Å². The molecule has 0 spiro atoms. The Hall–Kier alpha value is -1.14. The monoisotopic (exact) mass is 323 g/mol. The van der Waals surface area contributed by atoms with Gasteiger partial charge in [-0.05, 0) is 27.9 Å². The number of piperazine rings is 1. The minimum Gasteiger partial charge on any atom is -0.354 e. The molecule has 1 atom stereocenters. The van der Waals surface area contributed by atoms with Crippen molar-refractivity contribution in [3.05, 3.63) is 22.9 Å². The van der Waals surface area contributed by atoms with Crippen LogP contribution in [-0.2, 0) is 0 Å². The third-order valence-electron chi connectivity index (χ3n) is 3.65. The minimum absolute atomic E-state index is 0.528. The molecule has 1 aliphatic heterocycles. The molecule has 2 aromatic rings. The molecule has 0 aliphatic carbocycles. The van der Waals surface area contributed by atoms with Gasteiger partial charge in [-0.2, -0.15) is 5.10 Å². The number of aromatic nitrogens is 3. The van der Waals surface area contributed by atoms with Gasteiger partial charge < -0.3 is 10.2 Å². The Morgan fingerprint density at radius 3 is 3.11 bits per heavy atom. The lowest BCUT2D eigenvalue weighted by atomic mass is 10.0. The lowest BCUT2D eigenvalue weighted by Crippen LogP contribution is -2.53. The molecule has 1 saturated heterocycles. The molecule has 2 aromatic heterocycles. The van der Waals surface area contributed by atoms with Crippen molar-refractivity contribution in [2.24, 2.45) is 5.92 Å². The number of fused-ring (bicyclic) bond motifs is 1. The van der Waals surface area contributed by atoms with Crippen LogP contribution in [0.3, 0.4) is 0 Å². The van der Waals surface area contributed by atoms with E-state index in [4.69, 9.17) is 4.98 Å². The summed E-state index contributed by atoms with van der Waals surface area (Å²) in [6.45, 7) is 7.53. The zero-order valence-electron chi connectivity index (χ0n) is 11.2. The van der Waals surface area contributed by atoms with Crippen molar-refractivity contribution in [2.75, 3.05) is 24.5 Å². The first-order valence-electron chi connectivity index (χ1n) is 6.63. The van der Waals surface area contributed by atoms with E-state index < -0.39 is 0 Å². The maximum absolute atomic E-state index is 4.70. The molecule has 1 aliphatic rings. The number of anilines is 1. The second kappa shape index (κ2) is 5.09. The average Bonchev–Trinajstić information content (AvgIpc) is 2.80. The van der Waals surface area contributed by atoms with E-state index >= 15 is 0 Å². The summed E-state index contributed by atoms with van der Waals surface area (Å²) in [4.78, 5) is 7.05. The topological polar surface area (TPSA) is 45.5 Å². The summed E-state index contributed by atoms with van der Waals surface area (Å²) in [5, 5.41) is 7.79. The SMILES string of the molecule is CC(C)C1CN(c2ccn3ncc(Br)c3n2)CCN1. The van der Waals surface area contributed by atoms with Crippen LogP contribution < -0.4 is 10.2 Å². The van der Waals surface area contributed by atoms with E-state index in [-0.39, 0.29) is 0 Å². The van der Waals surface area contributed by atoms with Gasteiger partial charge >= 0.3 is 0 Å². The Bertz CT molecular complexity index is 579. The molecular weight excluding hydrogens is 306 g/mol. The summed E-state index contributed by atoms with van der Waals surface area (Å²) in [7, 11) is 0. The molecule has 0 bridgehead atoms. The highest BCUT2D eigenvalue weighted by Crippen LogP contribution is 2.20. The van der Waals surface area contributed by atoms with Crippen molar-refractivity contribution in [1.29, 1.82) is 0 Å². The molecule has 102 valence electrons. The van der Waals surface area contributed by atoms with Gasteiger partial charge in [0.15, 0.2) is 5.65 Å². The maximum Gasteiger partial charge on any atom is 0.171 e. The molecule has 0 aromatic carbocycles. The Balaban J connectivity index is 1.88. The second-order valence-electron chi connectivity index (χ2n) is 5.30. The first kappa shape index (κ1) is 12.9. The Kier molecular flexibility index (Phi) is 3.45. The van der Waals surface area contributed by atoms with Gasteiger partial charge in [-0.15, -0.1) is 0 Å². The van der Waals surface area contributed by atoms with Crippen molar-refractivity contribution in [3.63, 3.8) is 0 Å². The number of hydrogen-bond donors (Lipinski definition) is 1. The minimum atomic E-state index is 0.528. The number of nitrogens with zero attached hydrogens (tertiary/aromatic N) is 4. The van der Waals surface area contributed by atoms with E-state index in [1.165, 1.54) is 0 Å². The molecule has 1 unspecified atom stereocenters. The van der Waals surface area contributed by atoms with E-state index in [9.17, 15) is 0 Å². The molecule has 1 fully saturated rings. The zero-order valence-corrected chi connectivity index (χ0v) is 12.8. The largest absolute Gasteiger partial charge is 0.354 e.